The normalized spacial score (nSPS) is 21.0. The van der Waals surface area contributed by atoms with Crippen LogP contribution >= 0.6 is 11.8 Å². The molecule has 25 heavy (non-hydrogen) atoms. The summed E-state index contributed by atoms with van der Waals surface area (Å²) in [7, 11) is 3.44. The number of benzene rings is 1. The number of rotatable bonds is 7. The van der Waals surface area contributed by atoms with E-state index in [9.17, 15) is 4.79 Å². The van der Waals surface area contributed by atoms with E-state index in [0.29, 0.717) is 6.54 Å². The van der Waals surface area contributed by atoms with E-state index in [1.807, 2.05) is 24.3 Å². The molecule has 3 rings (SSSR count). The summed E-state index contributed by atoms with van der Waals surface area (Å²) in [5, 5.41) is 15.1. The molecule has 1 aromatic heterocycles. The lowest BCUT2D eigenvalue weighted by atomic mass is 9.87. The molecule has 0 spiro atoms. The van der Waals surface area contributed by atoms with Crippen LogP contribution in [0.2, 0.25) is 0 Å². The second-order valence-corrected chi connectivity index (χ2v) is 7.95. The molecular weight excluding hydrogens is 338 g/mol. The lowest BCUT2D eigenvalue weighted by molar-refractivity contribution is -0.124. The molecule has 1 atom stereocenters. The van der Waals surface area contributed by atoms with Crippen molar-refractivity contribution in [3.8, 4) is 5.75 Å². The number of hydrogen-bond acceptors (Lipinski definition) is 6. The minimum atomic E-state index is -0.462. The Labute approximate surface area is 151 Å². The number of nitrogens with zero attached hydrogens (tertiary/aromatic N) is 4. The van der Waals surface area contributed by atoms with E-state index in [-0.39, 0.29) is 11.3 Å². The Bertz CT molecular complexity index is 759. The zero-order valence-electron chi connectivity index (χ0n) is 14.9. The number of amides is 1. The first-order valence-corrected chi connectivity index (χ1v) is 9.17. The summed E-state index contributed by atoms with van der Waals surface area (Å²) in [6.45, 7) is 4.85. The number of carbonyl (C=O) groups excluding carboxylic acids is 1. The third-order valence-electron chi connectivity index (χ3n) is 4.91. The van der Waals surface area contributed by atoms with E-state index in [1.54, 1.807) is 18.8 Å². The first-order valence-electron chi connectivity index (χ1n) is 8.19. The van der Waals surface area contributed by atoms with E-state index in [0.717, 1.165) is 28.6 Å². The highest BCUT2D eigenvalue weighted by atomic mass is 32.2. The van der Waals surface area contributed by atoms with Crippen molar-refractivity contribution in [2.24, 2.45) is 12.5 Å². The quantitative estimate of drug-likeness (QED) is 0.598. The Morgan fingerprint density at radius 2 is 2.04 bits per heavy atom. The molecule has 134 valence electrons. The molecule has 1 heterocycles. The standard InChI is InChI=1S/C17H23N5O2S/c1-16(2)11-17(16,12-5-7-13(24-4)8-6-12)14(23)18-9-10-25-15-19-20-21-22(15)3/h5-8H,9-11H2,1-4H3,(H,18,23)/t17-/m1/s1. The molecule has 0 unspecified atom stereocenters. The molecule has 8 heteroatoms. The predicted molar refractivity (Wildman–Crippen MR) is 95.6 cm³/mol. The highest BCUT2D eigenvalue weighted by molar-refractivity contribution is 7.99. The van der Waals surface area contributed by atoms with Gasteiger partial charge in [-0.25, -0.2) is 4.68 Å². The van der Waals surface area contributed by atoms with Crippen LogP contribution in [0, 0.1) is 5.41 Å². The van der Waals surface area contributed by atoms with Crippen LogP contribution in [-0.2, 0) is 17.3 Å². The van der Waals surface area contributed by atoms with Crippen LogP contribution in [0.5, 0.6) is 5.75 Å². The maximum absolute atomic E-state index is 12.9. The van der Waals surface area contributed by atoms with Gasteiger partial charge in [-0.15, -0.1) is 5.10 Å². The summed E-state index contributed by atoms with van der Waals surface area (Å²) < 4.78 is 6.84. The van der Waals surface area contributed by atoms with Gasteiger partial charge in [-0.2, -0.15) is 0 Å². The van der Waals surface area contributed by atoms with Gasteiger partial charge in [0.1, 0.15) is 5.75 Å². The summed E-state index contributed by atoms with van der Waals surface area (Å²) in [5.41, 5.74) is 0.531. The lowest BCUT2D eigenvalue weighted by Crippen LogP contribution is -2.38. The molecule has 7 nitrogen and oxygen atoms in total. The Morgan fingerprint density at radius 1 is 1.36 bits per heavy atom. The third kappa shape index (κ3) is 3.22. The van der Waals surface area contributed by atoms with Crippen LogP contribution in [0.1, 0.15) is 25.8 Å². The van der Waals surface area contributed by atoms with Gasteiger partial charge in [0.2, 0.25) is 11.1 Å². The van der Waals surface area contributed by atoms with Crippen molar-refractivity contribution >= 4 is 17.7 Å². The molecule has 0 bridgehead atoms. The Balaban J connectivity index is 1.62. The molecule has 1 fully saturated rings. The van der Waals surface area contributed by atoms with Gasteiger partial charge in [-0.05, 0) is 40.0 Å². The van der Waals surface area contributed by atoms with Gasteiger partial charge >= 0.3 is 0 Å². The maximum Gasteiger partial charge on any atom is 0.231 e. The van der Waals surface area contributed by atoms with Crippen LogP contribution < -0.4 is 10.1 Å². The fraction of sp³-hybridized carbons (Fsp3) is 0.529. The van der Waals surface area contributed by atoms with Crippen molar-refractivity contribution < 1.29 is 9.53 Å². The summed E-state index contributed by atoms with van der Waals surface area (Å²) in [6.07, 6.45) is 0.846. The van der Waals surface area contributed by atoms with Crippen molar-refractivity contribution in [2.45, 2.75) is 30.8 Å². The molecular formula is C17H23N5O2S. The summed E-state index contributed by atoms with van der Waals surface area (Å²) in [5.74, 6) is 1.60. The molecule has 1 saturated carbocycles. The average molecular weight is 361 g/mol. The van der Waals surface area contributed by atoms with Gasteiger partial charge in [-0.3, -0.25) is 4.79 Å². The smallest absolute Gasteiger partial charge is 0.231 e. The molecule has 1 aliphatic rings. The first-order chi connectivity index (χ1) is 11.9. The number of methoxy groups -OCH3 is 1. The minimum absolute atomic E-state index is 0.0493. The number of ether oxygens (including phenoxy) is 1. The van der Waals surface area contributed by atoms with Crippen molar-refractivity contribution in [2.75, 3.05) is 19.4 Å². The van der Waals surface area contributed by atoms with Crippen molar-refractivity contribution in [1.82, 2.24) is 25.5 Å². The second kappa shape index (κ2) is 6.67. The van der Waals surface area contributed by atoms with Crippen molar-refractivity contribution in [3.05, 3.63) is 29.8 Å². The fourth-order valence-electron chi connectivity index (χ4n) is 3.31. The number of thioether (sulfide) groups is 1. The molecule has 1 aromatic carbocycles. The van der Waals surface area contributed by atoms with Crippen LogP contribution in [0.3, 0.4) is 0 Å². The zero-order chi connectivity index (χ0) is 18.1. The molecule has 1 aliphatic carbocycles. The van der Waals surface area contributed by atoms with E-state index >= 15 is 0 Å². The van der Waals surface area contributed by atoms with Crippen LogP contribution in [0.25, 0.3) is 0 Å². The number of nitrogens with one attached hydrogen (secondary N) is 1. The van der Waals surface area contributed by atoms with Gasteiger partial charge in [0.05, 0.1) is 12.5 Å². The Morgan fingerprint density at radius 3 is 2.56 bits per heavy atom. The number of aryl methyl sites for hydroxylation is 1. The lowest BCUT2D eigenvalue weighted by Gasteiger charge is -2.21. The van der Waals surface area contributed by atoms with Gasteiger partial charge in [0.15, 0.2) is 0 Å². The third-order valence-corrected chi connectivity index (χ3v) is 5.92. The minimum Gasteiger partial charge on any atom is -0.497 e. The van der Waals surface area contributed by atoms with E-state index in [1.165, 1.54) is 11.8 Å². The molecule has 0 radical (unpaired) electrons. The number of aromatic nitrogens is 4. The molecule has 0 saturated heterocycles. The summed E-state index contributed by atoms with van der Waals surface area (Å²) >= 11 is 1.52. The second-order valence-electron chi connectivity index (χ2n) is 6.88. The predicted octanol–water partition coefficient (Wildman–Crippen LogP) is 1.79. The monoisotopic (exact) mass is 361 g/mol. The Hall–Kier alpha value is -2.09. The SMILES string of the molecule is COc1ccc([C@@]2(C(=O)NCCSc3nnnn3C)CC2(C)C)cc1. The summed E-state index contributed by atoms with van der Waals surface area (Å²) in [6, 6.07) is 7.81. The number of hydrogen-bond donors (Lipinski definition) is 1. The molecule has 2 aromatic rings. The highest BCUT2D eigenvalue weighted by Crippen LogP contribution is 2.64. The number of tetrazole rings is 1. The molecule has 0 aliphatic heterocycles. The van der Waals surface area contributed by atoms with Crippen molar-refractivity contribution in [1.29, 1.82) is 0 Å². The van der Waals surface area contributed by atoms with Crippen molar-refractivity contribution in [3.63, 3.8) is 0 Å². The topological polar surface area (TPSA) is 81.9 Å². The molecule has 1 N–H and O–H groups in total. The van der Waals surface area contributed by atoms with Gasteiger partial charge < -0.3 is 10.1 Å². The summed E-state index contributed by atoms with van der Waals surface area (Å²) in [4.78, 5) is 12.9. The Kier molecular flexibility index (Phi) is 4.73. The van der Waals surface area contributed by atoms with Gasteiger partial charge in [-0.1, -0.05) is 37.7 Å². The van der Waals surface area contributed by atoms with Crippen LogP contribution in [0.15, 0.2) is 29.4 Å². The zero-order valence-corrected chi connectivity index (χ0v) is 15.8. The fourth-order valence-corrected chi connectivity index (χ4v) is 4.01. The van der Waals surface area contributed by atoms with Crippen LogP contribution in [-0.4, -0.2) is 45.5 Å². The highest BCUT2D eigenvalue weighted by Gasteiger charge is 2.66. The van der Waals surface area contributed by atoms with Gasteiger partial charge in [0.25, 0.3) is 0 Å². The van der Waals surface area contributed by atoms with E-state index in [4.69, 9.17) is 4.74 Å². The largest absolute Gasteiger partial charge is 0.497 e. The maximum atomic E-state index is 12.9. The average Bonchev–Trinajstić information content (AvgIpc) is 2.97. The number of carbonyl (C=O) groups is 1. The van der Waals surface area contributed by atoms with Crippen LogP contribution in [0.4, 0.5) is 0 Å². The van der Waals surface area contributed by atoms with E-state index in [2.05, 4.69) is 34.7 Å². The molecule has 1 amide bonds. The first kappa shape index (κ1) is 17.7. The van der Waals surface area contributed by atoms with Gasteiger partial charge in [0, 0.05) is 19.3 Å². The van der Waals surface area contributed by atoms with E-state index < -0.39 is 5.41 Å².